The monoisotopic (exact) mass is 382 g/mol. The summed E-state index contributed by atoms with van der Waals surface area (Å²) in [6, 6.07) is 19.4. The van der Waals surface area contributed by atoms with Crippen LogP contribution in [0.25, 0.3) is 11.0 Å². The molecule has 0 saturated heterocycles. The van der Waals surface area contributed by atoms with E-state index in [1.54, 1.807) is 0 Å². The lowest BCUT2D eigenvalue weighted by molar-refractivity contribution is 0.292. The molecule has 4 nitrogen and oxygen atoms in total. The van der Waals surface area contributed by atoms with Crippen molar-refractivity contribution in [3.8, 4) is 17.2 Å². The van der Waals surface area contributed by atoms with Gasteiger partial charge in [0.05, 0.1) is 16.1 Å². The molecule has 0 atom stereocenters. The molecule has 4 rings (SSSR count). The summed E-state index contributed by atoms with van der Waals surface area (Å²) in [5, 5.41) is 0.0226. The number of fused-ring (bicyclic) bond motifs is 1. The topological polar surface area (TPSA) is 36.3 Å². The van der Waals surface area contributed by atoms with Crippen molar-refractivity contribution in [2.24, 2.45) is 7.05 Å². The second kappa shape index (κ2) is 7.29. The molecule has 0 aliphatic rings. The van der Waals surface area contributed by atoms with E-state index in [-0.39, 0.29) is 5.02 Å². The van der Waals surface area contributed by atoms with Gasteiger partial charge in [-0.05, 0) is 36.4 Å². The number of hydrogen-bond donors (Lipinski definition) is 0. The molecule has 0 aliphatic carbocycles. The SMILES string of the molecule is Cn1c(COc2ccccc2)nc2ccc(Oc3ccc(F)c(Cl)c3)cc21. The number of aryl methyl sites for hydroxylation is 1. The van der Waals surface area contributed by atoms with Gasteiger partial charge in [-0.3, -0.25) is 0 Å². The van der Waals surface area contributed by atoms with E-state index >= 15 is 0 Å². The van der Waals surface area contributed by atoms with Crippen molar-refractivity contribution in [1.82, 2.24) is 9.55 Å². The molecule has 1 aromatic heterocycles. The summed E-state index contributed by atoms with van der Waals surface area (Å²) in [7, 11) is 1.93. The summed E-state index contributed by atoms with van der Waals surface area (Å²) in [6.45, 7) is 0.360. The molecule has 1 heterocycles. The van der Waals surface area contributed by atoms with E-state index < -0.39 is 5.82 Å². The summed E-state index contributed by atoms with van der Waals surface area (Å²) in [4.78, 5) is 4.61. The van der Waals surface area contributed by atoms with Crippen molar-refractivity contribution in [3.63, 3.8) is 0 Å². The maximum atomic E-state index is 13.3. The van der Waals surface area contributed by atoms with Gasteiger partial charge in [0.15, 0.2) is 0 Å². The van der Waals surface area contributed by atoms with Crippen molar-refractivity contribution in [2.75, 3.05) is 0 Å². The minimum atomic E-state index is -0.478. The van der Waals surface area contributed by atoms with E-state index in [1.165, 1.54) is 18.2 Å². The Labute approximate surface area is 160 Å². The van der Waals surface area contributed by atoms with Crippen LogP contribution in [0.5, 0.6) is 17.2 Å². The maximum Gasteiger partial charge on any atom is 0.147 e. The summed E-state index contributed by atoms with van der Waals surface area (Å²) >= 11 is 5.81. The first-order valence-electron chi connectivity index (χ1n) is 8.36. The van der Waals surface area contributed by atoms with Crippen LogP contribution in [0.3, 0.4) is 0 Å². The fourth-order valence-electron chi connectivity index (χ4n) is 2.75. The Hall–Kier alpha value is -3.05. The lowest BCUT2D eigenvalue weighted by Gasteiger charge is -2.08. The first kappa shape index (κ1) is 17.4. The van der Waals surface area contributed by atoms with E-state index in [0.29, 0.717) is 18.1 Å². The third-order valence-electron chi connectivity index (χ3n) is 4.18. The molecule has 0 unspecified atom stereocenters. The van der Waals surface area contributed by atoms with Gasteiger partial charge in [0.2, 0.25) is 0 Å². The minimum absolute atomic E-state index is 0.0226. The van der Waals surface area contributed by atoms with Gasteiger partial charge in [-0.1, -0.05) is 29.8 Å². The maximum absolute atomic E-state index is 13.3. The third-order valence-corrected chi connectivity index (χ3v) is 4.47. The Morgan fingerprint density at radius 3 is 2.48 bits per heavy atom. The molecule has 0 amide bonds. The van der Waals surface area contributed by atoms with Crippen LogP contribution in [0.15, 0.2) is 66.7 Å². The van der Waals surface area contributed by atoms with Gasteiger partial charge in [-0.15, -0.1) is 0 Å². The van der Waals surface area contributed by atoms with Crippen molar-refractivity contribution in [2.45, 2.75) is 6.61 Å². The van der Waals surface area contributed by atoms with Gasteiger partial charge in [0.1, 0.15) is 35.5 Å². The Kier molecular flexibility index (Phi) is 4.69. The van der Waals surface area contributed by atoms with Gasteiger partial charge in [0, 0.05) is 19.2 Å². The number of ether oxygens (including phenoxy) is 2. The average Bonchev–Trinajstić information content (AvgIpc) is 2.99. The van der Waals surface area contributed by atoms with Gasteiger partial charge < -0.3 is 14.0 Å². The second-order valence-corrected chi connectivity index (χ2v) is 6.42. The Balaban J connectivity index is 1.56. The largest absolute Gasteiger partial charge is 0.486 e. The molecular weight excluding hydrogens is 367 g/mol. The highest BCUT2D eigenvalue weighted by molar-refractivity contribution is 6.30. The number of benzene rings is 3. The zero-order chi connectivity index (χ0) is 18.8. The molecule has 27 heavy (non-hydrogen) atoms. The molecular formula is C21H16ClFN2O2. The summed E-state index contributed by atoms with van der Waals surface area (Å²) < 4.78 is 26.8. The van der Waals surface area contributed by atoms with Crippen molar-refractivity contribution in [3.05, 3.63) is 83.4 Å². The number of para-hydroxylation sites is 1. The van der Waals surface area contributed by atoms with Crippen LogP contribution >= 0.6 is 11.6 Å². The van der Waals surface area contributed by atoms with E-state index in [1.807, 2.05) is 60.1 Å². The lowest BCUT2D eigenvalue weighted by Crippen LogP contribution is -2.03. The van der Waals surface area contributed by atoms with Crippen molar-refractivity contribution in [1.29, 1.82) is 0 Å². The molecule has 0 bridgehead atoms. The Morgan fingerprint density at radius 2 is 1.70 bits per heavy atom. The molecule has 136 valence electrons. The summed E-state index contributed by atoms with van der Waals surface area (Å²) in [5.41, 5.74) is 1.75. The highest BCUT2D eigenvalue weighted by atomic mass is 35.5. The predicted octanol–water partition coefficient (Wildman–Crippen LogP) is 5.74. The van der Waals surface area contributed by atoms with Crippen LogP contribution in [-0.4, -0.2) is 9.55 Å². The fraction of sp³-hybridized carbons (Fsp3) is 0.0952. The average molecular weight is 383 g/mol. The number of halogens is 2. The van der Waals surface area contributed by atoms with E-state index in [0.717, 1.165) is 22.6 Å². The Bertz CT molecular complexity index is 1100. The van der Waals surface area contributed by atoms with Crippen molar-refractivity contribution >= 4 is 22.6 Å². The zero-order valence-electron chi connectivity index (χ0n) is 14.5. The van der Waals surface area contributed by atoms with Crippen molar-refractivity contribution < 1.29 is 13.9 Å². The van der Waals surface area contributed by atoms with Crippen LogP contribution in [-0.2, 0) is 13.7 Å². The smallest absolute Gasteiger partial charge is 0.147 e. The molecule has 3 aromatic carbocycles. The molecule has 0 fully saturated rings. The molecule has 4 aromatic rings. The number of nitrogens with zero attached hydrogens (tertiary/aromatic N) is 2. The first-order valence-corrected chi connectivity index (χ1v) is 8.74. The van der Waals surface area contributed by atoms with Gasteiger partial charge in [-0.2, -0.15) is 0 Å². The van der Waals surface area contributed by atoms with Crippen LogP contribution in [0.1, 0.15) is 5.82 Å². The summed E-state index contributed by atoms with van der Waals surface area (Å²) in [5.74, 6) is 2.20. The molecule has 0 radical (unpaired) electrons. The van der Waals surface area contributed by atoms with E-state index in [2.05, 4.69) is 4.98 Å². The highest BCUT2D eigenvalue weighted by Crippen LogP contribution is 2.28. The number of aromatic nitrogens is 2. The molecule has 0 aliphatic heterocycles. The van der Waals surface area contributed by atoms with E-state index in [4.69, 9.17) is 21.1 Å². The standard InChI is InChI=1S/C21H16ClFN2O2/c1-25-20-12-16(27-15-7-9-18(23)17(22)11-15)8-10-19(20)24-21(25)13-26-14-5-3-2-4-6-14/h2-12H,13H2,1H3. The fourth-order valence-corrected chi connectivity index (χ4v) is 2.92. The van der Waals surface area contributed by atoms with Crippen LogP contribution in [0.2, 0.25) is 5.02 Å². The van der Waals surface area contributed by atoms with Gasteiger partial charge >= 0.3 is 0 Å². The molecule has 0 spiro atoms. The van der Waals surface area contributed by atoms with Gasteiger partial charge in [0.25, 0.3) is 0 Å². The number of hydrogen-bond acceptors (Lipinski definition) is 3. The third kappa shape index (κ3) is 3.73. The minimum Gasteiger partial charge on any atom is -0.486 e. The van der Waals surface area contributed by atoms with E-state index in [9.17, 15) is 4.39 Å². The highest BCUT2D eigenvalue weighted by Gasteiger charge is 2.10. The normalized spacial score (nSPS) is 10.9. The second-order valence-electron chi connectivity index (χ2n) is 6.02. The van der Waals surface area contributed by atoms with Gasteiger partial charge in [-0.25, -0.2) is 9.37 Å². The quantitative estimate of drug-likeness (QED) is 0.441. The zero-order valence-corrected chi connectivity index (χ0v) is 15.3. The van der Waals surface area contributed by atoms with Crippen LogP contribution < -0.4 is 9.47 Å². The summed E-state index contributed by atoms with van der Waals surface area (Å²) in [6.07, 6.45) is 0. The number of imidazole rings is 1. The van der Waals surface area contributed by atoms with Crippen LogP contribution in [0, 0.1) is 5.82 Å². The molecule has 6 heteroatoms. The number of rotatable bonds is 5. The molecule has 0 N–H and O–H groups in total. The molecule has 0 saturated carbocycles. The Morgan fingerprint density at radius 1 is 0.963 bits per heavy atom. The predicted molar refractivity (Wildman–Crippen MR) is 103 cm³/mol. The lowest BCUT2D eigenvalue weighted by atomic mass is 10.3. The van der Waals surface area contributed by atoms with Crippen LogP contribution in [0.4, 0.5) is 4.39 Å². The first-order chi connectivity index (χ1) is 13.1.